The van der Waals surface area contributed by atoms with Crippen molar-refractivity contribution in [3.05, 3.63) is 193 Å². The molecule has 0 heterocycles. The first kappa shape index (κ1) is 28.3. The molecule has 0 N–H and O–H groups in total. The highest BCUT2D eigenvalue weighted by Crippen LogP contribution is 2.43. The number of allylic oxidation sites excluding steroid dienone is 1. The molecule has 236 valence electrons. The molecule has 0 atom stereocenters. The van der Waals surface area contributed by atoms with E-state index in [9.17, 15) is 0 Å². The number of benzene rings is 10. The van der Waals surface area contributed by atoms with Gasteiger partial charge in [0.1, 0.15) is 0 Å². The number of rotatable bonds is 3. The lowest BCUT2D eigenvalue weighted by Gasteiger charge is -2.16. The Morgan fingerprint density at radius 1 is 0.314 bits per heavy atom. The van der Waals surface area contributed by atoms with Crippen molar-refractivity contribution in [1.82, 2.24) is 0 Å². The second kappa shape index (κ2) is 11.0. The van der Waals surface area contributed by atoms with Crippen LogP contribution >= 0.6 is 0 Å². The lowest BCUT2D eigenvalue weighted by molar-refractivity contribution is 1.35. The van der Waals surface area contributed by atoms with E-state index < -0.39 is 0 Å². The summed E-state index contributed by atoms with van der Waals surface area (Å²) in [4.78, 5) is 0. The van der Waals surface area contributed by atoms with Crippen molar-refractivity contribution in [3.63, 3.8) is 0 Å². The highest BCUT2D eigenvalue weighted by molar-refractivity contribution is 6.26. The normalized spacial score (nSPS) is 12.7. The van der Waals surface area contributed by atoms with Crippen molar-refractivity contribution in [2.45, 2.75) is 6.42 Å². The summed E-state index contributed by atoms with van der Waals surface area (Å²) in [5, 5.41) is 15.7. The Kier molecular flexibility index (Phi) is 6.12. The van der Waals surface area contributed by atoms with Gasteiger partial charge in [0.25, 0.3) is 0 Å². The summed E-state index contributed by atoms with van der Waals surface area (Å²) < 4.78 is 0. The van der Waals surface area contributed by atoms with E-state index in [1.54, 1.807) is 0 Å². The Bertz CT molecular complexity index is 3050. The van der Waals surface area contributed by atoms with Crippen molar-refractivity contribution >= 4 is 76.3 Å². The molecule has 10 aromatic rings. The number of fused-ring (bicyclic) bond motifs is 12. The summed E-state index contributed by atoms with van der Waals surface area (Å²) in [6.45, 7) is 0. The second-order valence-electron chi connectivity index (χ2n) is 14.0. The van der Waals surface area contributed by atoms with Gasteiger partial charge in [0.2, 0.25) is 0 Å². The lowest BCUT2D eigenvalue weighted by Crippen LogP contribution is -1.91. The zero-order valence-electron chi connectivity index (χ0n) is 28.0. The van der Waals surface area contributed by atoms with Gasteiger partial charge in [-0.15, -0.1) is 0 Å². The van der Waals surface area contributed by atoms with Crippen LogP contribution in [-0.2, 0) is 6.42 Å². The van der Waals surface area contributed by atoms with E-state index in [1.165, 1.54) is 109 Å². The van der Waals surface area contributed by atoms with Gasteiger partial charge in [-0.25, -0.2) is 0 Å². The van der Waals surface area contributed by atoms with Crippen molar-refractivity contribution in [2.24, 2.45) is 0 Å². The predicted molar refractivity (Wildman–Crippen MR) is 220 cm³/mol. The Morgan fingerprint density at radius 2 is 0.804 bits per heavy atom. The maximum Gasteiger partial charge on any atom is -0.000728 e. The SMILES string of the molecule is C1=C(c2ccccc2)Cc2c1ccc1ccc3ccc(-c4ccc(-c5ccc6c7ccccc7c7ccccc7c6c5)c5ccccc45)cc3c21. The molecule has 0 aliphatic heterocycles. The molecule has 0 spiro atoms. The van der Waals surface area contributed by atoms with Crippen molar-refractivity contribution in [1.29, 1.82) is 0 Å². The van der Waals surface area contributed by atoms with Gasteiger partial charge in [0.05, 0.1) is 0 Å². The molecule has 0 amide bonds. The van der Waals surface area contributed by atoms with E-state index in [0.717, 1.165) is 6.42 Å². The summed E-state index contributed by atoms with van der Waals surface area (Å²) in [7, 11) is 0. The fraction of sp³-hybridized carbons (Fsp3) is 0.0196. The van der Waals surface area contributed by atoms with Crippen LogP contribution in [0.15, 0.2) is 176 Å². The first-order valence-electron chi connectivity index (χ1n) is 17.9. The zero-order chi connectivity index (χ0) is 33.5. The Labute approximate surface area is 296 Å². The van der Waals surface area contributed by atoms with E-state index in [0.29, 0.717) is 0 Å². The molecule has 11 rings (SSSR count). The first-order valence-corrected chi connectivity index (χ1v) is 17.9. The van der Waals surface area contributed by atoms with Gasteiger partial charge in [-0.2, -0.15) is 0 Å². The van der Waals surface area contributed by atoms with Crippen molar-refractivity contribution in [2.75, 3.05) is 0 Å². The van der Waals surface area contributed by atoms with E-state index in [2.05, 4.69) is 182 Å². The van der Waals surface area contributed by atoms with Crippen LogP contribution in [0.4, 0.5) is 0 Å². The minimum Gasteiger partial charge on any atom is -0.0622 e. The molecular weight excluding hydrogens is 613 g/mol. The van der Waals surface area contributed by atoms with E-state index in [-0.39, 0.29) is 0 Å². The molecule has 0 fully saturated rings. The summed E-state index contributed by atoms with van der Waals surface area (Å²) in [6, 6.07) is 65.3. The monoisotopic (exact) mass is 644 g/mol. The average molecular weight is 645 g/mol. The number of hydrogen-bond donors (Lipinski definition) is 0. The molecule has 1 aliphatic rings. The highest BCUT2D eigenvalue weighted by Gasteiger charge is 2.19. The van der Waals surface area contributed by atoms with Gasteiger partial charge < -0.3 is 0 Å². The highest BCUT2D eigenvalue weighted by atomic mass is 14.2. The summed E-state index contributed by atoms with van der Waals surface area (Å²) in [5.41, 5.74) is 10.5. The third kappa shape index (κ3) is 4.33. The van der Waals surface area contributed by atoms with Crippen LogP contribution in [0.2, 0.25) is 0 Å². The van der Waals surface area contributed by atoms with Crippen LogP contribution in [0.25, 0.3) is 98.5 Å². The van der Waals surface area contributed by atoms with Crippen molar-refractivity contribution < 1.29 is 0 Å². The zero-order valence-corrected chi connectivity index (χ0v) is 28.0. The molecule has 0 saturated heterocycles. The lowest BCUT2D eigenvalue weighted by atomic mass is 9.88. The molecule has 51 heavy (non-hydrogen) atoms. The fourth-order valence-electron chi connectivity index (χ4n) is 8.87. The predicted octanol–water partition coefficient (Wildman–Crippen LogP) is 14.0. The van der Waals surface area contributed by atoms with Crippen molar-refractivity contribution in [3.8, 4) is 22.3 Å². The molecule has 0 unspecified atom stereocenters. The Hall–Kier alpha value is -6.50. The topological polar surface area (TPSA) is 0 Å². The maximum atomic E-state index is 2.44. The molecule has 10 aromatic carbocycles. The molecule has 0 aromatic heterocycles. The summed E-state index contributed by atoms with van der Waals surface area (Å²) in [5.74, 6) is 0. The van der Waals surface area contributed by atoms with Crippen LogP contribution < -0.4 is 0 Å². The summed E-state index contributed by atoms with van der Waals surface area (Å²) >= 11 is 0. The summed E-state index contributed by atoms with van der Waals surface area (Å²) in [6.07, 6.45) is 3.34. The number of hydrogen-bond acceptors (Lipinski definition) is 0. The average Bonchev–Trinajstić information content (AvgIpc) is 3.65. The molecule has 0 nitrogen and oxygen atoms in total. The standard InChI is InChI=1S/C51H32/c1-2-10-32(11-3-1)38-28-35-23-21-34-20-18-33-19-22-36(29-48(33)51(34)49(35)31-38)39-26-27-40(42-13-5-4-12-41(39)42)37-24-25-47-45-16-7-6-14-43(45)44-15-8-9-17-46(44)50(47)30-37/h1-30H,31H2. The van der Waals surface area contributed by atoms with Crippen LogP contribution in [0.1, 0.15) is 16.7 Å². The minimum absolute atomic E-state index is 0.953. The third-order valence-corrected chi connectivity index (χ3v) is 11.3. The largest absolute Gasteiger partial charge is 0.0622 e. The minimum atomic E-state index is 0.953. The molecule has 0 heteroatoms. The van der Waals surface area contributed by atoms with E-state index >= 15 is 0 Å². The van der Waals surface area contributed by atoms with Gasteiger partial charge in [-0.1, -0.05) is 170 Å². The van der Waals surface area contributed by atoms with Crippen LogP contribution in [0, 0.1) is 0 Å². The maximum absolute atomic E-state index is 2.44. The smallest absolute Gasteiger partial charge is 0.000728 e. The van der Waals surface area contributed by atoms with Crippen LogP contribution in [-0.4, -0.2) is 0 Å². The Balaban J connectivity index is 1.08. The van der Waals surface area contributed by atoms with Crippen LogP contribution in [0.5, 0.6) is 0 Å². The molecule has 0 saturated carbocycles. The first-order chi connectivity index (χ1) is 25.3. The third-order valence-electron chi connectivity index (χ3n) is 11.3. The van der Waals surface area contributed by atoms with Gasteiger partial charge in [0.15, 0.2) is 0 Å². The molecule has 0 radical (unpaired) electrons. The van der Waals surface area contributed by atoms with E-state index in [4.69, 9.17) is 0 Å². The molecular formula is C51H32. The van der Waals surface area contributed by atoms with Crippen LogP contribution in [0.3, 0.4) is 0 Å². The van der Waals surface area contributed by atoms with Gasteiger partial charge in [-0.3, -0.25) is 0 Å². The van der Waals surface area contributed by atoms with Gasteiger partial charge >= 0.3 is 0 Å². The molecule has 0 bridgehead atoms. The van der Waals surface area contributed by atoms with E-state index in [1.807, 2.05) is 0 Å². The van der Waals surface area contributed by atoms with Gasteiger partial charge in [0, 0.05) is 0 Å². The second-order valence-corrected chi connectivity index (χ2v) is 14.0. The Morgan fingerprint density at radius 3 is 1.47 bits per heavy atom. The fourth-order valence-corrected chi connectivity index (χ4v) is 8.87. The van der Waals surface area contributed by atoms with Gasteiger partial charge in [-0.05, 0) is 128 Å². The quantitative estimate of drug-likeness (QED) is 0.168. The molecule has 1 aliphatic carbocycles.